The minimum absolute atomic E-state index is 0.187. The van der Waals surface area contributed by atoms with Crippen LogP contribution in [0, 0.1) is 0 Å². The van der Waals surface area contributed by atoms with Crippen LogP contribution in [0.4, 0.5) is 0 Å². The molecule has 1 saturated heterocycles. The first kappa shape index (κ1) is 21.4. The van der Waals surface area contributed by atoms with Crippen LogP contribution in [-0.2, 0) is 23.9 Å². The lowest BCUT2D eigenvalue weighted by atomic mass is 9.80. The van der Waals surface area contributed by atoms with Gasteiger partial charge >= 0.3 is 11.9 Å². The molecule has 1 fully saturated rings. The number of aliphatic hydroxyl groups is 1. The monoisotopic (exact) mass is 387 g/mol. The molecule has 0 spiro atoms. The maximum absolute atomic E-state index is 13.1. The van der Waals surface area contributed by atoms with Crippen molar-refractivity contribution in [3.63, 3.8) is 0 Å². The van der Waals surface area contributed by atoms with Crippen molar-refractivity contribution in [1.29, 1.82) is 0 Å². The number of hydrogen-bond acceptors (Lipinski definition) is 6. The highest BCUT2D eigenvalue weighted by atomic mass is 16.6. The van der Waals surface area contributed by atoms with E-state index in [9.17, 15) is 19.5 Å². The Morgan fingerprint density at radius 2 is 1.68 bits per heavy atom. The number of hydrogen-bond donors (Lipinski definition) is 1. The van der Waals surface area contributed by atoms with E-state index in [4.69, 9.17) is 9.47 Å². The summed E-state index contributed by atoms with van der Waals surface area (Å²) in [4.78, 5) is 40.1. The first-order valence-electron chi connectivity index (χ1n) is 8.89. The Morgan fingerprint density at radius 3 is 2.14 bits per heavy atom. The van der Waals surface area contributed by atoms with Crippen molar-refractivity contribution in [3.8, 4) is 0 Å². The lowest BCUT2D eigenvalue weighted by molar-refractivity contribution is -0.190. The highest BCUT2D eigenvalue weighted by Crippen LogP contribution is 2.46. The summed E-state index contributed by atoms with van der Waals surface area (Å²) in [5.41, 5.74) is -3.71. The average molecular weight is 387 g/mol. The second-order valence-electron chi connectivity index (χ2n) is 6.79. The predicted molar refractivity (Wildman–Crippen MR) is 102 cm³/mol. The minimum atomic E-state index is -2.36. The number of likely N-dealkylation sites (tertiary alicyclic amines) is 1. The summed E-state index contributed by atoms with van der Waals surface area (Å²) in [5.74, 6) is -2.70. The van der Waals surface area contributed by atoms with Crippen molar-refractivity contribution in [1.82, 2.24) is 4.90 Å². The SMILES string of the molecule is C=CCOC(=O)C1(C(=O)OCC=C)N([C@H](C)c2ccccc2)C(=O)CC1(C)O. The molecule has 2 atom stereocenters. The number of nitrogens with zero attached hydrogens (tertiary/aromatic N) is 1. The number of rotatable bonds is 8. The van der Waals surface area contributed by atoms with Crippen LogP contribution in [0.3, 0.4) is 0 Å². The molecule has 1 aliphatic heterocycles. The van der Waals surface area contributed by atoms with Gasteiger partial charge in [-0.15, -0.1) is 0 Å². The number of esters is 2. The topological polar surface area (TPSA) is 93.1 Å². The second kappa shape index (κ2) is 8.39. The van der Waals surface area contributed by atoms with Crippen LogP contribution in [-0.4, -0.2) is 52.2 Å². The van der Waals surface area contributed by atoms with E-state index in [2.05, 4.69) is 13.2 Å². The van der Waals surface area contributed by atoms with Gasteiger partial charge in [-0.2, -0.15) is 0 Å². The van der Waals surface area contributed by atoms with Crippen LogP contribution >= 0.6 is 0 Å². The summed E-state index contributed by atoms with van der Waals surface area (Å²) in [6, 6.07) is 8.19. The summed E-state index contributed by atoms with van der Waals surface area (Å²) >= 11 is 0. The lowest BCUT2D eigenvalue weighted by Gasteiger charge is -2.42. The molecular weight excluding hydrogens is 362 g/mol. The van der Waals surface area contributed by atoms with Gasteiger partial charge in [-0.05, 0) is 19.4 Å². The Hall–Kier alpha value is -2.93. The fourth-order valence-electron chi connectivity index (χ4n) is 3.54. The third kappa shape index (κ3) is 3.45. The van der Waals surface area contributed by atoms with E-state index in [1.165, 1.54) is 19.1 Å². The second-order valence-corrected chi connectivity index (χ2v) is 6.79. The van der Waals surface area contributed by atoms with Crippen LogP contribution in [0.2, 0.25) is 0 Å². The van der Waals surface area contributed by atoms with Crippen molar-refractivity contribution in [3.05, 3.63) is 61.2 Å². The zero-order valence-corrected chi connectivity index (χ0v) is 16.1. The molecular formula is C21H25NO6. The van der Waals surface area contributed by atoms with E-state index in [1.807, 2.05) is 6.07 Å². The fraction of sp³-hybridized carbons (Fsp3) is 0.381. The van der Waals surface area contributed by atoms with Gasteiger partial charge in [-0.1, -0.05) is 55.6 Å². The molecule has 0 aromatic heterocycles. The summed E-state index contributed by atoms with van der Waals surface area (Å²) in [5, 5.41) is 11.1. The van der Waals surface area contributed by atoms with Crippen molar-refractivity contribution in [2.45, 2.75) is 37.5 Å². The highest BCUT2D eigenvalue weighted by molar-refractivity contribution is 6.12. The van der Waals surface area contributed by atoms with Crippen LogP contribution in [0.1, 0.15) is 31.9 Å². The van der Waals surface area contributed by atoms with Gasteiger partial charge < -0.3 is 19.5 Å². The van der Waals surface area contributed by atoms with E-state index in [0.29, 0.717) is 5.56 Å². The lowest BCUT2D eigenvalue weighted by Crippen LogP contribution is -2.68. The molecule has 2 rings (SSSR count). The molecule has 0 saturated carbocycles. The molecule has 1 unspecified atom stereocenters. The van der Waals surface area contributed by atoms with Gasteiger partial charge in [0, 0.05) is 0 Å². The van der Waals surface area contributed by atoms with Gasteiger partial charge in [-0.25, -0.2) is 9.59 Å². The van der Waals surface area contributed by atoms with Crippen molar-refractivity contribution < 1.29 is 29.0 Å². The molecule has 1 aromatic carbocycles. The first-order chi connectivity index (χ1) is 13.2. The van der Waals surface area contributed by atoms with Gasteiger partial charge in [0.25, 0.3) is 5.54 Å². The minimum Gasteiger partial charge on any atom is -0.459 e. The molecule has 1 aliphatic rings. The molecule has 1 heterocycles. The molecule has 150 valence electrons. The number of carbonyl (C=O) groups is 3. The van der Waals surface area contributed by atoms with E-state index in [1.54, 1.807) is 31.2 Å². The Labute approximate surface area is 164 Å². The summed E-state index contributed by atoms with van der Waals surface area (Å²) in [6.45, 7) is 9.51. The predicted octanol–water partition coefficient (Wildman–Crippen LogP) is 1.93. The summed E-state index contributed by atoms with van der Waals surface area (Å²) < 4.78 is 10.3. The molecule has 1 aromatic rings. The van der Waals surface area contributed by atoms with Gasteiger partial charge in [0.05, 0.1) is 12.5 Å². The molecule has 7 nitrogen and oxygen atoms in total. The van der Waals surface area contributed by atoms with Gasteiger partial charge in [-0.3, -0.25) is 4.79 Å². The van der Waals surface area contributed by atoms with Crippen molar-refractivity contribution in [2.24, 2.45) is 0 Å². The van der Waals surface area contributed by atoms with Crippen LogP contribution in [0.25, 0.3) is 0 Å². The molecule has 7 heteroatoms. The number of ether oxygens (including phenoxy) is 2. The molecule has 0 bridgehead atoms. The maximum Gasteiger partial charge on any atom is 0.347 e. The molecule has 1 N–H and O–H groups in total. The highest BCUT2D eigenvalue weighted by Gasteiger charge is 2.72. The average Bonchev–Trinajstić information content (AvgIpc) is 2.89. The van der Waals surface area contributed by atoms with Gasteiger partial charge in [0.2, 0.25) is 5.91 Å². The van der Waals surface area contributed by atoms with Gasteiger partial charge in [0.1, 0.15) is 18.8 Å². The first-order valence-corrected chi connectivity index (χ1v) is 8.89. The van der Waals surface area contributed by atoms with Crippen molar-refractivity contribution in [2.75, 3.05) is 13.2 Å². The Balaban J connectivity index is 2.64. The fourth-order valence-corrected chi connectivity index (χ4v) is 3.54. The third-order valence-corrected chi connectivity index (χ3v) is 4.83. The standard InChI is InChI=1S/C21H25NO6/c1-5-12-27-18(24)21(19(25)28-13-6-2)20(4,26)14-17(23)22(21)15(3)16-10-8-7-9-11-16/h5-11,15,26H,1-2,12-14H2,3-4H3/t15-,20?/m1/s1. The summed E-state index contributed by atoms with van der Waals surface area (Å²) in [6.07, 6.45) is 2.23. The molecule has 28 heavy (non-hydrogen) atoms. The zero-order valence-electron chi connectivity index (χ0n) is 16.1. The Kier molecular flexibility index (Phi) is 6.41. The van der Waals surface area contributed by atoms with E-state index in [-0.39, 0.29) is 13.2 Å². The molecule has 0 radical (unpaired) electrons. The Bertz CT molecular complexity index is 746. The smallest absolute Gasteiger partial charge is 0.347 e. The van der Waals surface area contributed by atoms with Crippen LogP contribution in [0.15, 0.2) is 55.6 Å². The third-order valence-electron chi connectivity index (χ3n) is 4.83. The van der Waals surface area contributed by atoms with Crippen LogP contribution < -0.4 is 0 Å². The maximum atomic E-state index is 13.1. The zero-order chi connectivity index (χ0) is 20.9. The number of carbonyl (C=O) groups excluding carboxylic acids is 3. The quantitative estimate of drug-likeness (QED) is 0.416. The molecule has 0 aliphatic carbocycles. The largest absolute Gasteiger partial charge is 0.459 e. The molecule has 1 amide bonds. The van der Waals surface area contributed by atoms with E-state index < -0.39 is 41.4 Å². The number of amides is 1. The van der Waals surface area contributed by atoms with Gasteiger partial charge in [0.15, 0.2) is 0 Å². The normalized spacial score (nSPS) is 21.7. The van der Waals surface area contributed by atoms with Crippen molar-refractivity contribution >= 4 is 17.8 Å². The van der Waals surface area contributed by atoms with Crippen LogP contribution in [0.5, 0.6) is 0 Å². The Morgan fingerprint density at radius 1 is 1.18 bits per heavy atom. The summed E-state index contributed by atoms with van der Waals surface area (Å²) in [7, 11) is 0. The number of benzene rings is 1. The van der Waals surface area contributed by atoms with E-state index in [0.717, 1.165) is 4.90 Å². The van der Waals surface area contributed by atoms with E-state index >= 15 is 0 Å².